The van der Waals surface area contributed by atoms with Crippen LogP contribution in [-0.2, 0) is 10.8 Å². The molecule has 0 saturated heterocycles. The highest BCUT2D eigenvalue weighted by atomic mass is 32.2. The minimum absolute atomic E-state index is 0.791. The summed E-state index contributed by atoms with van der Waals surface area (Å²) in [7, 11) is 2.39. The smallest absolute Gasteiger partial charge is 0.118 e. The van der Waals surface area contributed by atoms with Gasteiger partial charge in [-0.05, 0) is 54.8 Å². The molecule has 21 heavy (non-hydrogen) atoms. The summed E-state index contributed by atoms with van der Waals surface area (Å²) in [4.78, 5) is 2.09. The van der Waals surface area contributed by atoms with Gasteiger partial charge in [0.15, 0.2) is 0 Å². The third kappa shape index (κ3) is 6.23. The second kappa shape index (κ2) is 9.47. The SMILES string of the molecule is COc1ccc(S([13CH3])=O)cc1.COc1ccc(S[13CH3])cc1. The van der Waals surface area contributed by atoms with Gasteiger partial charge < -0.3 is 9.47 Å². The average Bonchev–Trinajstić information content (AvgIpc) is 2.55. The molecule has 0 radical (unpaired) electrons. The molecule has 2 rings (SSSR count). The van der Waals surface area contributed by atoms with Crippen molar-refractivity contribution < 1.29 is 13.7 Å². The van der Waals surface area contributed by atoms with Crippen molar-refractivity contribution in [1.29, 1.82) is 0 Å². The molecule has 0 amide bonds. The van der Waals surface area contributed by atoms with Crippen molar-refractivity contribution in [3.63, 3.8) is 0 Å². The predicted molar refractivity (Wildman–Crippen MR) is 90.1 cm³/mol. The summed E-state index contributed by atoms with van der Waals surface area (Å²) >= 11 is 1.73. The van der Waals surface area contributed by atoms with Gasteiger partial charge in [0.2, 0.25) is 0 Å². The molecule has 0 aliphatic heterocycles. The summed E-state index contributed by atoms with van der Waals surface area (Å²) in [5, 5.41) is 0. The second-order valence-electron chi connectivity index (χ2n) is 4.01. The van der Waals surface area contributed by atoms with Gasteiger partial charge in [-0.15, -0.1) is 11.8 Å². The van der Waals surface area contributed by atoms with E-state index in [2.05, 4.69) is 6.26 Å². The number of ether oxygens (including phenoxy) is 2. The fourth-order valence-corrected chi connectivity index (χ4v) is 2.41. The Labute approximate surface area is 133 Å². The molecular weight excluding hydrogens is 306 g/mol. The summed E-state index contributed by atoms with van der Waals surface area (Å²) in [6.45, 7) is 0. The highest BCUT2D eigenvalue weighted by Crippen LogP contribution is 2.18. The molecule has 3 nitrogen and oxygen atoms in total. The fourth-order valence-electron chi connectivity index (χ4n) is 1.48. The maximum Gasteiger partial charge on any atom is 0.118 e. The normalized spacial score (nSPS) is 11.0. The molecule has 1 unspecified atom stereocenters. The predicted octanol–water partition coefficient (Wildman–Crippen LogP) is 3.85. The van der Waals surface area contributed by atoms with Crippen LogP contribution in [0.1, 0.15) is 0 Å². The van der Waals surface area contributed by atoms with Crippen LogP contribution in [0.3, 0.4) is 0 Å². The second-order valence-corrected chi connectivity index (χ2v) is 6.27. The Kier molecular flexibility index (Phi) is 7.93. The lowest BCUT2D eigenvalue weighted by molar-refractivity contribution is 0.414. The van der Waals surface area contributed by atoms with Crippen LogP contribution in [-0.4, -0.2) is 30.9 Å². The van der Waals surface area contributed by atoms with Crippen molar-refractivity contribution in [2.24, 2.45) is 0 Å². The number of benzene rings is 2. The lowest BCUT2D eigenvalue weighted by Gasteiger charge is -1.99. The van der Waals surface area contributed by atoms with Crippen LogP contribution in [0.5, 0.6) is 11.5 Å². The molecule has 5 heteroatoms. The minimum Gasteiger partial charge on any atom is -0.497 e. The van der Waals surface area contributed by atoms with Gasteiger partial charge in [-0.1, -0.05) is 0 Å². The monoisotopic (exact) mass is 326 g/mol. The third-order valence-corrected chi connectivity index (χ3v) is 4.37. The maximum atomic E-state index is 10.9. The molecule has 2 aromatic rings. The van der Waals surface area contributed by atoms with Crippen molar-refractivity contribution in [1.82, 2.24) is 0 Å². The van der Waals surface area contributed by atoms with E-state index in [4.69, 9.17) is 9.47 Å². The van der Waals surface area contributed by atoms with E-state index in [9.17, 15) is 4.21 Å². The molecule has 0 aromatic heterocycles. The van der Waals surface area contributed by atoms with E-state index < -0.39 is 10.8 Å². The van der Waals surface area contributed by atoms with Gasteiger partial charge in [0, 0.05) is 26.8 Å². The molecule has 0 aliphatic carbocycles. The first-order valence-corrected chi connectivity index (χ1v) is 9.04. The fraction of sp³-hybridized carbons (Fsp3) is 0.250. The van der Waals surface area contributed by atoms with E-state index in [1.165, 1.54) is 4.90 Å². The van der Waals surface area contributed by atoms with Gasteiger partial charge >= 0.3 is 0 Å². The minimum atomic E-state index is -0.895. The molecule has 0 aliphatic rings. The Morgan fingerprint density at radius 3 is 1.62 bits per heavy atom. The van der Waals surface area contributed by atoms with E-state index in [1.807, 2.05) is 24.3 Å². The zero-order valence-corrected chi connectivity index (χ0v) is 14.3. The lowest BCUT2D eigenvalue weighted by atomic mass is 10.3. The van der Waals surface area contributed by atoms with E-state index >= 15 is 0 Å². The summed E-state index contributed by atoms with van der Waals surface area (Å²) in [5.74, 6) is 1.71. The average molecular weight is 326 g/mol. The van der Waals surface area contributed by atoms with Crippen LogP contribution >= 0.6 is 11.8 Å². The number of methoxy groups -OCH3 is 2. The topological polar surface area (TPSA) is 35.5 Å². The van der Waals surface area contributed by atoms with Crippen LogP contribution in [0, 0.1) is 0 Å². The zero-order valence-electron chi connectivity index (χ0n) is 12.7. The van der Waals surface area contributed by atoms with Gasteiger partial charge in [0.25, 0.3) is 0 Å². The summed E-state index contributed by atoms with van der Waals surface area (Å²) < 4.78 is 20.9. The van der Waals surface area contributed by atoms with Gasteiger partial charge in [-0.2, -0.15) is 0 Å². The molecule has 0 fully saturated rings. The van der Waals surface area contributed by atoms with Crippen molar-refractivity contribution in [2.45, 2.75) is 9.79 Å². The maximum absolute atomic E-state index is 10.9. The molecule has 1 atom stereocenters. The standard InChI is InChI=1S/C8H10O2S.C8H10OS/c1-10-7-3-5-8(6-4-7)11(2)9;1-9-7-3-5-8(10-2)6-4-7/h3-6H,1-2H3;3-6H,1-2H3/i2*2+1. The van der Waals surface area contributed by atoms with Gasteiger partial charge in [-0.25, -0.2) is 0 Å². The molecule has 0 bridgehead atoms. The van der Waals surface area contributed by atoms with E-state index in [-0.39, 0.29) is 0 Å². The molecular formula is C16H20O3S2. The van der Waals surface area contributed by atoms with Crippen LogP contribution in [0.4, 0.5) is 0 Å². The van der Waals surface area contributed by atoms with E-state index in [0.717, 1.165) is 16.4 Å². The summed E-state index contributed by atoms with van der Waals surface area (Å²) in [6.07, 6.45) is 3.71. The Balaban J connectivity index is 0.000000211. The Bertz CT molecular complexity index is 528. The number of hydrogen-bond acceptors (Lipinski definition) is 4. The summed E-state index contributed by atoms with van der Waals surface area (Å²) in [6, 6.07) is 15.2. The van der Waals surface area contributed by atoms with E-state index in [0.29, 0.717) is 0 Å². The quantitative estimate of drug-likeness (QED) is 0.631. The molecule has 2 aromatic carbocycles. The number of rotatable bonds is 4. The number of hydrogen-bond donors (Lipinski definition) is 0. The number of thioether (sulfide) groups is 1. The molecule has 0 heterocycles. The summed E-state index contributed by atoms with van der Waals surface area (Å²) in [5.41, 5.74) is 0. The largest absolute Gasteiger partial charge is 0.497 e. The van der Waals surface area contributed by atoms with E-state index in [1.54, 1.807) is 56.5 Å². The Morgan fingerprint density at radius 1 is 0.857 bits per heavy atom. The van der Waals surface area contributed by atoms with Gasteiger partial charge in [-0.3, -0.25) is 4.21 Å². The van der Waals surface area contributed by atoms with Crippen LogP contribution in [0.2, 0.25) is 0 Å². The Morgan fingerprint density at radius 2 is 1.29 bits per heavy atom. The van der Waals surface area contributed by atoms with Crippen molar-refractivity contribution in [2.75, 3.05) is 26.7 Å². The van der Waals surface area contributed by atoms with Crippen LogP contribution in [0.15, 0.2) is 58.3 Å². The van der Waals surface area contributed by atoms with Crippen LogP contribution in [0.25, 0.3) is 0 Å². The Hall–Kier alpha value is -1.46. The van der Waals surface area contributed by atoms with Crippen LogP contribution < -0.4 is 9.47 Å². The van der Waals surface area contributed by atoms with Gasteiger partial charge in [0.1, 0.15) is 11.5 Å². The molecule has 0 spiro atoms. The first kappa shape index (κ1) is 17.6. The lowest BCUT2D eigenvalue weighted by Crippen LogP contribution is -1.87. The molecule has 114 valence electrons. The van der Waals surface area contributed by atoms with Gasteiger partial charge in [0.05, 0.1) is 14.2 Å². The first-order chi connectivity index (χ1) is 10.1. The van der Waals surface area contributed by atoms with Crippen molar-refractivity contribution in [3.8, 4) is 11.5 Å². The van der Waals surface area contributed by atoms with Crippen molar-refractivity contribution in [3.05, 3.63) is 48.5 Å². The highest BCUT2D eigenvalue weighted by molar-refractivity contribution is 7.98. The third-order valence-electron chi connectivity index (χ3n) is 2.69. The first-order valence-electron chi connectivity index (χ1n) is 6.26. The van der Waals surface area contributed by atoms with Crippen molar-refractivity contribution >= 4 is 22.6 Å². The highest BCUT2D eigenvalue weighted by Gasteiger charge is 1.95. The zero-order chi connectivity index (χ0) is 15.7. The molecule has 0 N–H and O–H groups in total. The molecule has 0 saturated carbocycles.